The molecule has 3 radical (unpaired) electrons. The van der Waals surface area contributed by atoms with Crippen molar-refractivity contribution in [2.24, 2.45) is 0 Å². The van der Waals surface area contributed by atoms with E-state index < -0.39 is 0 Å². The number of allylic oxidation sites excluding steroid dienone is 1. The van der Waals surface area contributed by atoms with E-state index in [-0.39, 0.29) is 17.4 Å². The number of rotatable bonds is 0. The van der Waals surface area contributed by atoms with Crippen LogP contribution in [0.4, 0.5) is 0 Å². The third kappa shape index (κ3) is 1.16. The van der Waals surface area contributed by atoms with E-state index in [1.165, 1.54) is 0 Å². The first-order chi connectivity index (χ1) is 2.00. The van der Waals surface area contributed by atoms with Gasteiger partial charge in [0.1, 0.15) is 0 Å². The van der Waals surface area contributed by atoms with Crippen LogP contribution < -0.4 is 0 Å². The second-order valence-corrected chi connectivity index (χ2v) is 0.770. The third-order valence-corrected chi connectivity index (χ3v) is 0.444. The molecule has 0 aromatic rings. The monoisotopic (exact) mass is 77.0 g/mol. The maximum absolute atomic E-state index is 2.00. The zero-order valence-electron chi connectivity index (χ0n) is 2.89. The Kier molecular flexibility index (Phi) is 2.55. The molecule has 1 heterocycles. The summed E-state index contributed by atoms with van der Waals surface area (Å²) in [6.07, 6.45) is 2.00. The van der Waals surface area contributed by atoms with Crippen LogP contribution in [0, 0.1) is 0 Å². The Hall–Kier alpha value is 0.207. The minimum atomic E-state index is 0. The molecule has 0 aromatic carbocycles. The molecule has 0 fully saturated rings. The van der Waals surface area contributed by atoms with Crippen LogP contribution in [-0.2, 0) is 0 Å². The van der Waals surface area contributed by atoms with E-state index in [2.05, 4.69) is 0 Å². The van der Waals surface area contributed by atoms with Gasteiger partial charge in [-0.05, 0) is 0 Å². The van der Waals surface area contributed by atoms with Crippen molar-refractivity contribution in [3.63, 3.8) is 0 Å². The summed E-state index contributed by atoms with van der Waals surface area (Å²) in [4.78, 5) is 0. The summed E-state index contributed by atoms with van der Waals surface area (Å²) in [5.74, 6) is 4.00. The summed E-state index contributed by atoms with van der Waals surface area (Å²) in [5.41, 5.74) is 0. The van der Waals surface area contributed by atoms with Gasteiger partial charge in [-0.1, -0.05) is 0 Å². The molecular formula is C3H3AlB. The van der Waals surface area contributed by atoms with Crippen LogP contribution in [0.5, 0.6) is 0 Å². The fraction of sp³-hybridized carbons (Fsp3) is 0. The van der Waals surface area contributed by atoms with Gasteiger partial charge in [0.15, 0.2) is 0 Å². The standard InChI is InChI=1S/C3H3B.Al/c1-2-4-3-1;/h1-3H;. The van der Waals surface area contributed by atoms with E-state index in [0.29, 0.717) is 0 Å². The van der Waals surface area contributed by atoms with Crippen LogP contribution >= 0.6 is 0 Å². The summed E-state index contributed by atoms with van der Waals surface area (Å²) in [6.45, 7) is 2.00. The molecule has 0 aromatic heterocycles. The first kappa shape index (κ1) is 5.21. The fourth-order valence-electron chi connectivity index (χ4n) is 0.111. The van der Waals surface area contributed by atoms with Crippen LogP contribution in [0.15, 0.2) is 12.1 Å². The van der Waals surface area contributed by atoms with Crippen molar-refractivity contribution in [1.82, 2.24) is 0 Å². The molecular weight excluding hydrogens is 73.8 g/mol. The Bertz CT molecular complexity index is 47.3. The van der Waals surface area contributed by atoms with Crippen molar-refractivity contribution >= 4 is 30.2 Å². The van der Waals surface area contributed by atoms with Gasteiger partial charge in [-0.15, -0.1) is 0 Å². The molecule has 0 unspecified atom stereocenters. The van der Waals surface area contributed by atoms with E-state index >= 15 is 0 Å². The van der Waals surface area contributed by atoms with Gasteiger partial charge in [-0.2, -0.15) is 0 Å². The van der Waals surface area contributed by atoms with Gasteiger partial charge in [0.05, 0.1) is 0 Å². The van der Waals surface area contributed by atoms with Gasteiger partial charge in [0.2, 0.25) is 0 Å². The van der Waals surface area contributed by atoms with Crippen molar-refractivity contribution in [1.29, 1.82) is 0 Å². The smallest absolute Gasteiger partial charge is 0 e. The molecule has 0 N–H and O–H groups in total. The first-order valence-electron chi connectivity index (χ1n) is 1.33. The predicted molar refractivity (Wildman–Crippen MR) is 26.7 cm³/mol. The van der Waals surface area contributed by atoms with Crippen molar-refractivity contribution in [2.45, 2.75) is 0 Å². The Labute approximate surface area is 42.9 Å². The molecule has 5 heavy (non-hydrogen) atoms. The van der Waals surface area contributed by atoms with Gasteiger partial charge < -0.3 is 0 Å². The third-order valence-electron chi connectivity index (χ3n) is 0.444. The second kappa shape index (κ2) is 2.45. The van der Waals surface area contributed by atoms with E-state index in [1.807, 2.05) is 24.9 Å². The summed E-state index contributed by atoms with van der Waals surface area (Å²) in [7, 11) is 0. The van der Waals surface area contributed by atoms with E-state index in [1.54, 1.807) is 0 Å². The van der Waals surface area contributed by atoms with Crippen LogP contribution in [-0.4, -0.2) is 30.2 Å². The largest absolute Gasteiger partial charge is 0 e. The molecule has 0 nitrogen and oxygen atoms in total. The maximum Gasteiger partial charge on any atom is 0 e. The average molecular weight is 76.9 g/mol. The molecule has 0 atom stereocenters. The van der Waals surface area contributed by atoms with Gasteiger partial charge in [-0.3, -0.25) is 0 Å². The van der Waals surface area contributed by atoms with Gasteiger partial charge in [0.25, 0.3) is 0 Å². The van der Waals surface area contributed by atoms with Crippen LogP contribution in [0.25, 0.3) is 0 Å². The SMILES string of the molecule is B1=CC=C1.[Al]. The second-order valence-electron chi connectivity index (χ2n) is 0.770. The predicted octanol–water partition coefficient (Wildman–Crippen LogP) is -0.361. The topological polar surface area (TPSA) is 0 Å². The minimum absolute atomic E-state index is 0. The zero-order chi connectivity index (χ0) is 2.83. The summed E-state index contributed by atoms with van der Waals surface area (Å²) >= 11 is 0. The van der Waals surface area contributed by atoms with Crippen molar-refractivity contribution in [3.8, 4) is 0 Å². The molecule has 1 rings (SSSR count). The first-order valence-corrected chi connectivity index (χ1v) is 1.33. The Morgan fingerprint density at radius 1 is 1.40 bits per heavy atom. The molecule has 0 aliphatic carbocycles. The Morgan fingerprint density at radius 3 is 1.60 bits per heavy atom. The van der Waals surface area contributed by atoms with Crippen molar-refractivity contribution in [3.05, 3.63) is 12.1 Å². The van der Waals surface area contributed by atoms with Gasteiger partial charge >= 0.3 is 24.9 Å². The van der Waals surface area contributed by atoms with Crippen LogP contribution in [0.1, 0.15) is 0 Å². The van der Waals surface area contributed by atoms with E-state index in [4.69, 9.17) is 0 Å². The molecule has 2 heteroatoms. The molecule has 0 amide bonds. The Balaban J connectivity index is 0.000000160. The summed E-state index contributed by atoms with van der Waals surface area (Å²) < 4.78 is 0. The maximum atomic E-state index is 2.00. The normalized spacial score (nSPS) is 11.2. The molecule has 1 aliphatic heterocycles. The van der Waals surface area contributed by atoms with E-state index in [9.17, 15) is 0 Å². The zero-order valence-corrected chi connectivity index (χ0v) is 4.04. The van der Waals surface area contributed by atoms with Crippen LogP contribution in [0.3, 0.4) is 0 Å². The molecule has 21 valence electrons. The van der Waals surface area contributed by atoms with E-state index in [0.717, 1.165) is 0 Å². The Morgan fingerprint density at radius 2 is 1.60 bits per heavy atom. The quantitative estimate of drug-likeness (QED) is 0.346. The van der Waals surface area contributed by atoms with Crippen molar-refractivity contribution < 1.29 is 0 Å². The molecule has 1 aliphatic rings. The molecule has 0 spiro atoms. The molecule has 0 saturated carbocycles. The van der Waals surface area contributed by atoms with Gasteiger partial charge in [-0.25, -0.2) is 0 Å². The van der Waals surface area contributed by atoms with Gasteiger partial charge in [0, 0.05) is 17.4 Å². The molecule has 0 bridgehead atoms. The van der Waals surface area contributed by atoms with Crippen molar-refractivity contribution in [2.75, 3.05) is 0 Å². The number of hydrogen-bond acceptors (Lipinski definition) is 0. The average Bonchev–Trinajstić information content (AvgIpc) is 0.722. The summed E-state index contributed by atoms with van der Waals surface area (Å²) in [5, 5.41) is 0. The number of hydrogen-bond donors (Lipinski definition) is 0. The summed E-state index contributed by atoms with van der Waals surface area (Å²) in [6, 6.07) is 0. The molecule has 0 saturated heterocycles. The minimum Gasteiger partial charge on any atom is 0 e. The van der Waals surface area contributed by atoms with Crippen LogP contribution in [0.2, 0.25) is 0 Å². The fourth-order valence-corrected chi connectivity index (χ4v) is 0.111.